The molecule has 0 bridgehead atoms. The largest absolute Gasteiger partial charge is 0.469 e. The van der Waals surface area contributed by atoms with Gasteiger partial charge in [-0.25, -0.2) is 4.98 Å². The number of rotatable bonds is 19. The molecule has 12 rings (SSSR count). The second kappa shape index (κ2) is 24.1. The van der Waals surface area contributed by atoms with Gasteiger partial charge in [0.05, 0.1) is 18.4 Å². The molecule has 1 aromatic heterocycles. The highest BCUT2D eigenvalue weighted by Gasteiger charge is 2.54. The quantitative estimate of drug-likeness (QED) is 0.0266. The summed E-state index contributed by atoms with van der Waals surface area (Å²) in [6.45, 7) is 0.595. The zero-order chi connectivity index (χ0) is 55.0. The summed E-state index contributed by atoms with van der Waals surface area (Å²) in [5, 5.41) is 13.8. The summed E-state index contributed by atoms with van der Waals surface area (Å²) in [6, 6.07) is 78.9. The van der Waals surface area contributed by atoms with Crippen LogP contribution in [-0.4, -0.2) is 69.1 Å². The zero-order valence-corrected chi connectivity index (χ0v) is 46.3. The number of hydrogen-bond donors (Lipinski definition) is 2. The molecule has 3 atom stereocenters. The predicted octanol–water partition coefficient (Wildman–Crippen LogP) is 12.8. The Morgan fingerprint density at radius 1 is 0.667 bits per heavy atom. The number of carbonyl (C=O) groups excluding carboxylic acids is 2. The number of thiazole rings is 1. The second-order valence-electron chi connectivity index (χ2n) is 19.7. The van der Waals surface area contributed by atoms with Crippen LogP contribution in [0.4, 0.5) is 5.13 Å². The normalized spacial score (nSPS) is 17.2. The van der Waals surface area contributed by atoms with Crippen molar-refractivity contribution in [3.63, 3.8) is 0 Å². The van der Waals surface area contributed by atoms with Gasteiger partial charge in [0, 0.05) is 34.2 Å². The Kier molecular flexibility index (Phi) is 15.8. The minimum atomic E-state index is -1.35. The Morgan fingerprint density at radius 3 is 1.58 bits per heavy atom. The average Bonchev–Trinajstić information content (AvgIpc) is 4.28. The lowest BCUT2D eigenvalue weighted by atomic mass is 9.77. The second-order valence-corrected chi connectivity index (χ2v) is 22.1. The summed E-state index contributed by atoms with van der Waals surface area (Å²) in [5.74, 6) is -0.523. The lowest BCUT2D eigenvalue weighted by Crippen LogP contribution is -2.71. The van der Waals surface area contributed by atoms with Crippen molar-refractivity contribution in [2.24, 2.45) is 5.16 Å². The van der Waals surface area contributed by atoms with Crippen LogP contribution < -0.4 is 10.6 Å². The number of hydrogen-bond acceptors (Lipinski definition) is 12. The van der Waals surface area contributed by atoms with Crippen molar-refractivity contribution in [1.29, 1.82) is 0 Å². The summed E-state index contributed by atoms with van der Waals surface area (Å²) in [5.41, 5.74) is 6.28. The first-order valence-corrected chi connectivity index (χ1v) is 29.1. The van der Waals surface area contributed by atoms with E-state index in [0.717, 1.165) is 50.1 Å². The van der Waals surface area contributed by atoms with Crippen molar-refractivity contribution in [2.45, 2.75) is 41.2 Å². The van der Waals surface area contributed by atoms with Gasteiger partial charge in [0.2, 0.25) is 10.7 Å². The van der Waals surface area contributed by atoms with Crippen molar-refractivity contribution in [3.05, 3.63) is 310 Å². The fourth-order valence-electron chi connectivity index (χ4n) is 10.9. The molecule has 11 nitrogen and oxygen atoms in total. The first kappa shape index (κ1) is 53.2. The van der Waals surface area contributed by atoms with Crippen LogP contribution in [0.3, 0.4) is 0 Å². The molecule has 8 aromatic carbocycles. The average molecular weight is 1120 g/mol. The molecule has 2 N–H and O–H groups in total. The number of ether oxygens (including phenoxy) is 3. The maximum Gasteiger partial charge on any atom is 0.276 e. The molecule has 3 aliphatic rings. The van der Waals surface area contributed by atoms with E-state index in [2.05, 4.69) is 47.0 Å². The van der Waals surface area contributed by atoms with Gasteiger partial charge >= 0.3 is 0 Å². The highest BCUT2D eigenvalue weighted by Crippen LogP contribution is 2.46. The number of amides is 2. The third-order valence-corrected chi connectivity index (χ3v) is 17.2. The maximum absolute atomic E-state index is 15.6. The number of anilines is 1. The molecule has 0 spiro atoms. The molecule has 2 fully saturated rings. The van der Waals surface area contributed by atoms with E-state index in [-0.39, 0.29) is 35.3 Å². The summed E-state index contributed by atoms with van der Waals surface area (Å²) in [4.78, 5) is 44.5. The van der Waals surface area contributed by atoms with Gasteiger partial charge in [-0.1, -0.05) is 248 Å². The van der Waals surface area contributed by atoms with Crippen LogP contribution in [0.15, 0.2) is 264 Å². The first-order chi connectivity index (χ1) is 39.9. The highest BCUT2D eigenvalue weighted by atomic mass is 32.2. The van der Waals surface area contributed by atoms with E-state index in [0.29, 0.717) is 29.6 Å². The SMILES string of the molecule is O=C(NC1C(=O)N2C(C(=S)OC(c3ccccc3)c3ccccc3)=C(CC3COCO3)CS[C@H]12)/C(=N/OC(c1ccccc1)(c1ccccc1)c1ccccc1)c1csc(NC(c2ccccc2)(c2ccccc2)c2ccccc2)n1. The van der Waals surface area contributed by atoms with Gasteiger partial charge in [-0.2, -0.15) is 0 Å². The number of thioether (sulfide) groups is 1. The van der Waals surface area contributed by atoms with Gasteiger partial charge < -0.3 is 29.7 Å². The van der Waals surface area contributed by atoms with Crippen molar-refractivity contribution in [2.75, 3.05) is 24.5 Å². The fourth-order valence-corrected chi connectivity index (χ4v) is 13.4. The van der Waals surface area contributed by atoms with Crippen LogP contribution in [0.2, 0.25) is 0 Å². The van der Waals surface area contributed by atoms with Crippen molar-refractivity contribution in [3.8, 4) is 0 Å². The van der Waals surface area contributed by atoms with Crippen LogP contribution in [-0.2, 0) is 39.8 Å². The lowest BCUT2D eigenvalue weighted by molar-refractivity contribution is -0.144. The minimum absolute atomic E-state index is 0.134. The van der Waals surface area contributed by atoms with Crippen LogP contribution in [0.1, 0.15) is 62.7 Å². The lowest BCUT2D eigenvalue weighted by Gasteiger charge is -2.50. The van der Waals surface area contributed by atoms with Gasteiger partial charge in [0.15, 0.2) is 10.8 Å². The van der Waals surface area contributed by atoms with Gasteiger partial charge in [0.25, 0.3) is 11.8 Å². The molecule has 2 saturated heterocycles. The monoisotopic (exact) mass is 1120 g/mol. The molecule has 3 aliphatic heterocycles. The topological polar surface area (TPSA) is 124 Å². The van der Waals surface area contributed by atoms with E-state index in [1.165, 1.54) is 23.1 Å². The summed E-state index contributed by atoms with van der Waals surface area (Å²) >= 11 is 9.12. The number of aromatic nitrogens is 1. The molecular formula is C67H55N5O6S3. The van der Waals surface area contributed by atoms with E-state index in [9.17, 15) is 0 Å². The Hall–Kier alpha value is -8.50. The summed E-state index contributed by atoms with van der Waals surface area (Å²) in [6.07, 6.45) is -0.324. The van der Waals surface area contributed by atoms with Gasteiger partial charge in [0.1, 0.15) is 35.5 Å². The Labute approximate surface area is 484 Å². The minimum Gasteiger partial charge on any atom is -0.469 e. The molecule has 2 amide bonds. The Morgan fingerprint density at radius 2 is 1.12 bits per heavy atom. The van der Waals surface area contributed by atoms with Gasteiger partial charge in [-0.3, -0.25) is 14.5 Å². The number of nitrogens with one attached hydrogen (secondary N) is 2. The summed E-state index contributed by atoms with van der Waals surface area (Å²) < 4.78 is 18.4. The third kappa shape index (κ3) is 10.7. The molecular weight excluding hydrogens is 1070 g/mol. The number of carbonyl (C=O) groups is 2. The molecule has 402 valence electrons. The molecule has 0 aliphatic carbocycles. The third-order valence-electron chi connectivity index (χ3n) is 14.8. The van der Waals surface area contributed by atoms with Crippen LogP contribution in [0.5, 0.6) is 0 Å². The molecule has 0 saturated carbocycles. The number of oxime groups is 1. The molecule has 9 aromatic rings. The summed E-state index contributed by atoms with van der Waals surface area (Å²) in [7, 11) is 0. The van der Waals surface area contributed by atoms with Crippen molar-refractivity contribution >= 4 is 63.0 Å². The zero-order valence-electron chi connectivity index (χ0n) is 43.8. The number of nitrogens with zero attached hydrogens (tertiary/aromatic N) is 3. The molecule has 2 unspecified atom stereocenters. The number of fused-ring (bicyclic) bond motifs is 1. The number of benzene rings is 8. The molecule has 81 heavy (non-hydrogen) atoms. The Bertz CT molecular complexity index is 3440. The smallest absolute Gasteiger partial charge is 0.276 e. The maximum atomic E-state index is 15.6. The number of thiocarbonyl (C=S) groups is 1. The first-order valence-electron chi connectivity index (χ1n) is 26.7. The van der Waals surface area contributed by atoms with E-state index in [1.54, 1.807) is 10.3 Å². The highest BCUT2D eigenvalue weighted by molar-refractivity contribution is 8.00. The van der Waals surface area contributed by atoms with Crippen LogP contribution >= 0.6 is 35.3 Å². The number of β-lactam (4-membered cyclic amide) rings is 1. The van der Waals surface area contributed by atoms with Crippen molar-refractivity contribution in [1.82, 2.24) is 15.2 Å². The molecule has 4 heterocycles. The van der Waals surface area contributed by atoms with Gasteiger partial charge in [-0.15, -0.1) is 23.1 Å². The molecule has 0 radical (unpaired) electrons. The Balaban J connectivity index is 0.932. The molecule has 14 heteroatoms. The van der Waals surface area contributed by atoms with Gasteiger partial charge in [-0.05, 0) is 45.6 Å². The predicted molar refractivity (Wildman–Crippen MR) is 323 cm³/mol. The van der Waals surface area contributed by atoms with E-state index < -0.39 is 34.6 Å². The van der Waals surface area contributed by atoms with Crippen molar-refractivity contribution < 1.29 is 28.6 Å². The fraction of sp³-hybridized carbons (Fsp3) is 0.149. The standard InChI is InChI=1S/C67H55N5O6S3/c73-61(69-58-62(74)72-59(48(43-80-63(58)72)41-55-42-75-45-76-55)64(79)77-60(46-25-9-1-10-26-46)47-27-11-2-12-28-47)57(71-78-67(52-35-19-6-20-36-52,53-37-21-7-22-38-53)54-39-23-8-24-40-54)56-44-81-65(68-56)70-66(49-29-13-3-14-30-49,50-31-15-4-16-32-50)51-33-17-5-18-34-51/h1-40,44,55,58,60,63H,41-43,45H2,(H,68,70)(H,69,73)/b71-57+/t55?,58?,63-/m1/s1. The van der Waals surface area contributed by atoms with Crippen LogP contribution in [0, 0.1) is 0 Å². The van der Waals surface area contributed by atoms with E-state index in [1.807, 2.05) is 206 Å². The van der Waals surface area contributed by atoms with Crippen LogP contribution in [0.25, 0.3) is 0 Å². The van der Waals surface area contributed by atoms with E-state index >= 15 is 9.59 Å². The van der Waals surface area contributed by atoms with E-state index in [4.69, 9.17) is 41.4 Å².